The number of aliphatic hydroxyl groups excluding tert-OH is 1. The molecule has 7 heteroatoms. The van der Waals surface area contributed by atoms with Crippen LogP contribution in [0, 0.1) is 34.5 Å². The molecule has 194 valence electrons. The Morgan fingerprint density at radius 2 is 1.83 bits per heavy atom. The summed E-state index contributed by atoms with van der Waals surface area (Å²) in [6, 6.07) is 0. The van der Waals surface area contributed by atoms with Crippen LogP contribution in [-0.4, -0.2) is 55.9 Å². The van der Waals surface area contributed by atoms with Crippen LogP contribution in [-0.2, 0) is 14.3 Å². The molecule has 0 aromatic heterocycles. The average Bonchev–Trinajstić information content (AvgIpc) is 3.16. The molecule has 3 fully saturated rings. The van der Waals surface area contributed by atoms with Gasteiger partial charge in [0.1, 0.15) is 23.4 Å². The molecule has 4 aliphatic carbocycles. The Morgan fingerprint density at radius 3 is 2.49 bits per heavy atom. The van der Waals surface area contributed by atoms with Crippen LogP contribution in [0.15, 0.2) is 23.3 Å². The Bertz CT molecular complexity index is 1020. The number of rotatable bonds is 2. The summed E-state index contributed by atoms with van der Waals surface area (Å²) in [5.41, 5.74) is -2.67. The fourth-order valence-electron chi connectivity index (χ4n) is 9.12. The first-order valence-electron chi connectivity index (χ1n) is 13.1. The van der Waals surface area contributed by atoms with Crippen molar-refractivity contribution in [3.63, 3.8) is 0 Å². The minimum atomic E-state index is -1.70. The van der Waals surface area contributed by atoms with Crippen LogP contribution in [0.1, 0.15) is 73.1 Å². The fourth-order valence-corrected chi connectivity index (χ4v) is 9.68. The Morgan fingerprint density at radius 1 is 1.14 bits per heavy atom. The van der Waals surface area contributed by atoms with Crippen LogP contribution in [0.5, 0.6) is 0 Å². The Hall–Kier alpha value is -1.21. The van der Waals surface area contributed by atoms with Crippen molar-refractivity contribution in [2.45, 2.75) is 102 Å². The molecule has 0 aromatic carbocycles. The largest absolute Gasteiger partial charge is 0.456 e. The lowest BCUT2D eigenvalue weighted by Crippen LogP contribution is -2.72. The molecule has 3 saturated carbocycles. The van der Waals surface area contributed by atoms with E-state index in [2.05, 4.69) is 6.92 Å². The highest BCUT2D eigenvalue weighted by Gasteiger charge is 2.71. The first-order valence-corrected chi connectivity index (χ1v) is 13.5. The van der Waals surface area contributed by atoms with Crippen molar-refractivity contribution in [2.24, 2.45) is 34.5 Å². The van der Waals surface area contributed by atoms with Crippen LogP contribution in [0.2, 0.25) is 0 Å². The molecule has 0 radical (unpaired) electrons. The third-order valence-electron chi connectivity index (χ3n) is 11.4. The van der Waals surface area contributed by atoms with Crippen LogP contribution >= 0.6 is 11.6 Å². The summed E-state index contributed by atoms with van der Waals surface area (Å²) < 4.78 is 5.74. The summed E-state index contributed by atoms with van der Waals surface area (Å²) >= 11 is 6.82. The first-order chi connectivity index (χ1) is 16.2. The molecule has 5 rings (SSSR count). The van der Waals surface area contributed by atoms with E-state index in [4.69, 9.17) is 16.3 Å². The van der Waals surface area contributed by atoms with E-state index in [1.807, 2.05) is 13.8 Å². The van der Waals surface area contributed by atoms with E-state index in [1.165, 1.54) is 12.2 Å². The van der Waals surface area contributed by atoms with Gasteiger partial charge in [-0.15, -0.1) is 11.6 Å². The number of carbonyl (C=O) groups excluding carboxylic acids is 2. The van der Waals surface area contributed by atoms with Crippen molar-refractivity contribution >= 4 is 23.4 Å². The fraction of sp³-hybridized carbons (Fsp3) is 0.786. The number of cyclic esters (lactones) is 1. The highest BCUT2D eigenvalue weighted by atomic mass is 35.5. The molecule has 0 spiro atoms. The predicted molar refractivity (Wildman–Crippen MR) is 131 cm³/mol. The average molecular weight is 507 g/mol. The number of ketones is 1. The lowest BCUT2D eigenvalue weighted by molar-refractivity contribution is -0.220. The number of halogens is 1. The summed E-state index contributed by atoms with van der Waals surface area (Å²) in [5.74, 6) is -0.370. The van der Waals surface area contributed by atoms with Crippen LogP contribution < -0.4 is 0 Å². The molecule has 0 saturated heterocycles. The lowest BCUT2D eigenvalue weighted by Gasteiger charge is -2.64. The monoisotopic (exact) mass is 506 g/mol. The number of hydrogen-bond acceptors (Lipinski definition) is 6. The number of ether oxygens (including phenoxy) is 1. The number of esters is 1. The highest BCUT2D eigenvalue weighted by Crippen LogP contribution is 2.69. The van der Waals surface area contributed by atoms with Gasteiger partial charge in [0.05, 0.1) is 10.8 Å². The van der Waals surface area contributed by atoms with Gasteiger partial charge in [0, 0.05) is 12.0 Å². The number of fused-ring (bicyclic) bond motifs is 5. The SMILES string of the molecule is CC1=C(C)C(=O)OC(C(C)(O)C2CCC3C4CC(Cl)C5(O)C(O)C=CC(=O)C5(C)C4CCC32C)C1. The van der Waals surface area contributed by atoms with Gasteiger partial charge in [-0.1, -0.05) is 12.5 Å². The van der Waals surface area contributed by atoms with Crippen LogP contribution in [0.25, 0.3) is 0 Å². The van der Waals surface area contributed by atoms with Gasteiger partial charge in [-0.05, 0) is 101 Å². The van der Waals surface area contributed by atoms with Gasteiger partial charge in [0.25, 0.3) is 0 Å². The first kappa shape index (κ1) is 25.4. The van der Waals surface area contributed by atoms with Gasteiger partial charge in [0.2, 0.25) is 0 Å². The van der Waals surface area contributed by atoms with Crippen LogP contribution in [0.4, 0.5) is 0 Å². The molecule has 11 atom stereocenters. The second-order valence-electron chi connectivity index (χ2n) is 12.7. The number of alkyl halides is 1. The minimum Gasteiger partial charge on any atom is -0.456 e. The molecule has 1 heterocycles. The molecule has 11 unspecified atom stereocenters. The normalized spacial score (nSPS) is 51.3. The Labute approximate surface area is 212 Å². The molecule has 3 N–H and O–H groups in total. The third kappa shape index (κ3) is 3.12. The smallest absolute Gasteiger partial charge is 0.334 e. The highest BCUT2D eigenvalue weighted by molar-refractivity contribution is 6.22. The lowest BCUT2D eigenvalue weighted by atomic mass is 9.43. The number of hydrogen-bond donors (Lipinski definition) is 3. The molecule has 0 bridgehead atoms. The van der Waals surface area contributed by atoms with E-state index in [-0.39, 0.29) is 40.8 Å². The van der Waals surface area contributed by atoms with Crippen molar-refractivity contribution < 1.29 is 29.6 Å². The summed E-state index contributed by atoms with van der Waals surface area (Å²) in [6.07, 6.45) is 5.25. The second-order valence-corrected chi connectivity index (χ2v) is 13.2. The van der Waals surface area contributed by atoms with E-state index in [9.17, 15) is 24.9 Å². The third-order valence-corrected chi connectivity index (χ3v) is 11.9. The van der Waals surface area contributed by atoms with Crippen LogP contribution in [0.3, 0.4) is 0 Å². The Balaban J connectivity index is 1.47. The topological polar surface area (TPSA) is 104 Å². The number of carbonyl (C=O) groups is 2. The molecular formula is C28H39ClO6. The summed E-state index contributed by atoms with van der Waals surface area (Å²) in [7, 11) is 0. The van der Waals surface area contributed by atoms with E-state index < -0.39 is 34.2 Å². The zero-order chi connectivity index (χ0) is 25.7. The van der Waals surface area contributed by atoms with E-state index in [0.717, 1.165) is 24.8 Å². The van der Waals surface area contributed by atoms with Gasteiger partial charge in [-0.3, -0.25) is 4.79 Å². The van der Waals surface area contributed by atoms with Gasteiger partial charge in [0.15, 0.2) is 5.78 Å². The zero-order valence-electron chi connectivity index (χ0n) is 21.4. The maximum atomic E-state index is 13.3. The second kappa shape index (κ2) is 7.89. The van der Waals surface area contributed by atoms with Gasteiger partial charge in [-0.25, -0.2) is 4.79 Å². The molecule has 35 heavy (non-hydrogen) atoms. The number of aliphatic hydroxyl groups is 3. The Kier molecular flexibility index (Phi) is 5.74. The van der Waals surface area contributed by atoms with Gasteiger partial charge >= 0.3 is 5.97 Å². The van der Waals surface area contributed by atoms with Crippen molar-refractivity contribution in [1.82, 2.24) is 0 Å². The zero-order valence-corrected chi connectivity index (χ0v) is 22.1. The van der Waals surface area contributed by atoms with Gasteiger partial charge < -0.3 is 20.1 Å². The molecule has 0 amide bonds. The predicted octanol–water partition coefficient (Wildman–Crippen LogP) is 3.70. The summed E-state index contributed by atoms with van der Waals surface area (Å²) in [4.78, 5) is 25.7. The maximum absolute atomic E-state index is 13.3. The maximum Gasteiger partial charge on any atom is 0.334 e. The number of allylic oxidation sites excluding steroid dienone is 1. The molecule has 1 aliphatic heterocycles. The van der Waals surface area contributed by atoms with Crippen molar-refractivity contribution in [3.05, 3.63) is 23.3 Å². The van der Waals surface area contributed by atoms with E-state index >= 15 is 0 Å². The van der Waals surface area contributed by atoms with Crippen molar-refractivity contribution in [2.75, 3.05) is 0 Å². The standard InChI is InChI=1S/C28H39ClO6/c1-14-12-23(35-24(32)15(14)2)27(5,33)19-7-6-17-16-13-20(29)28(34)22(31)9-8-21(30)26(28,4)18(16)10-11-25(17,19)3/h8-9,16-20,22-23,31,33-34H,6-7,10-13H2,1-5H3. The molecular weight excluding hydrogens is 468 g/mol. The molecule has 6 nitrogen and oxygen atoms in total. The van der Waals surface area contributed by atoms with Crippen molar-refractivity contribution in [1.29, 1.82) is 0 Å². The molecule has 5 aliphatic rings. The molecule has 0 aromatic rings. The summed E-state index contributed by atoms with van der Waals surface area (Å²) in [5, 5.41) is 33.6. The summed E-state index contributed by atoms with van der Waals surface area (Å²) in [6.45, 7) is 9.54. The van der Waals surface area contributed by atoms with E-state index in [0.29, 0.717) is 24.8 Å². The minimum absolute atomic E-state index is 0.0695. The van der Waals surface area contributed by atoms with Crippen molar-refractivity contribution in [3.8, 4) is 0 Å². The van der Waals surface area contributed by atoms with Gasteiger partial charge in [-0.2, -0.15) is 0 Å². The quantitative estimate of drug-likeness (QED) is 0.390. The van der Waals surface area contributed by atoms with E-state index in [1.54, 1.807) is 13.8 Å².